The van der Waals surface area contributed by atoms with E-state index in [0.29, 0.717) is 34.5 Å². The molecular weight excluding hydrogens is 471 g/mol. The fourth-order valence-corrected chi connectivity index (χ4v) is 3.92. The molecule has 3 N–H and O–H groups in total. The summed E-state index contributed by atoms with van der Waals surface area (Å²) in [6.07, 6.45) is 0.275. The van der Waals surface area contributed by atoms with Crippen molar-refractivity contribution in [1.29, 1.82) is 0 Å². The highest BCUT2D eigenvalue weighted by molar-refractivity contribution is 5.81. The van der Waals surface area contributed by atoms with Crippen molar-refractivity contribution in [2.45, 2.75) is 12.6 Å². The van der Waals surface area contributed by atoms with Gasteiger partial charge >= 0.3 is 6.18 Å². The summed E-state index contributed by atoms with van der Waals surface area (Å²) in [4.78, 5) is 12.5. The Kier molecular flexibility index (Phi) is 5.75. The fraction of sp³-hybridized carbons (Fsp3) is 0.160. The Morgan fingerprint density at radius 2 is 1.83 bits per heavy atom. The maximum absolute atomic E-state index is 13.9. The molecule has 0 amide bonds. The van der Waals surface area contributed by atoms with Crippen molar-refractivity contribution < 1.29 is 17.9 Å². The van der Waals surface area contributed by atoms with Crippen LogP contribution in [0, 0.1) is 0 Å². The Labute approximate surface area is 204 Å². The molecule has 0 aliphatic rings. The second-order valence-electron chi connectivity index (χ2n) is 8.33. The Balaban J connectivity index is 1.43. The van der Waals surface area contributed by atoms with Crippen molar-refractivity contribution in [3.63, 3.8) is 0 Å². The number of hydrogen-bond donors (Lipinski definition) is 2. The SMILES string of the molecule is Cn1cncc1Cc1ccc(Nc2nc3ccc(Oc4ccnc(N)c4)cc3n2C)cc1C(F)(F)F. The molecule has 0 saturated carbocycles. The Bertz CT molecular complexity index is 1560. The van der Waals surface area contributed by atoms with Crippen LogP contribution in [0.25, 0.3) is 11.0 Å². The molecule has 0 saturated heterocycles. The lowest BCUT2D eigenvalue weighted by atomic mass is 10.0. The van der Waals surface area contributed by atoms with E-state index in [4.69, 9.17) is 10.5 Å². The van der Waals surface area contributed by atoms with Crippen molar-refractivity contribution in [3.8, 4) is 11.5 Å². The van der Waals surface area contributed by atoms with Gasteiger partial charge in [-0.05, 0) is 35.9 Å². The van der Waals surface area contributed by atoms with Crippen LogP contribution in [0.4, 0.5) is 30.6 Å². The van der Waals surface area contributed by atoms with E-state index in [-0.39, 0.29) is 17.7 Å². The molecule has 5 rings (SSSR count). The van der Waals surface area contributed by atoms with Gasteiger partial charge in [-0.2, -0.15) is 13.2 Å². The topological polar surface area (TPSA) is 95.8 Å². The zero-order valence-electron chi connectivity index (χ0n) is 19.4. The zero-order valence-corrected chi connectivity index (χ0v) is 19.4. The first-order chi connectivity index (χ1) is 17.2. The number of alkyl halides is 3. The molecule has 8 nitrogen and oxygen atoms in total. The average Bonchev–Trinajstić information content (AvgIpc) is 3.36. The quantitative estimate of drug-likeness (QED) is 0.328. The number of nitrogens with two attached hydrogens (primary N) is 1. The summed E-state index contributed by atoms with van der Waals surface area (Å²) in [5, 5.41) is 3.02. The van der Waals surface area contributed by atoms with Crippen LogP contribution in [-0.4, -0.2) is 24.1 Å². The predicted octanol–water partition coefficient (Wildman–Crippen LogP) is 5.43. The van der Waals surface area contributed by atoms with Crippen molar-refractivity contribution in [2.75, 3.05) is 11.1 Å². The Morgan fingerprint density at radius 1 is 1.03 bits per heavy atom. The molecule has 0 bridgehead atoms. The van der Waals surface area contributed by atoms with Crippen LogP contribution in [0.5, 0.6) is 11.5 Å². The molecule has 36 heavy (non-hydrogen) atoms. The van der Waals surface area contributed by atoms with Crippen LogP contribution in [0.2, 0.25) is 0 Å². The maximum atomic E-state index is 13.9. The van der Waals surface area contributed by atoms with Gasteiger partial charge in [0.15, 0.2) is 0 Å². The molecule has 2 aromatic carbocycles. The van der Waals surface area contributed by atoms with Crippen LogP contribution in [0.3, 0.4) is 0 Å². The van der Waals surface area contributed by atoms with E-state index in [1.807, 2.05) is 0 Å². The average molecular weight is 493 g/mol. The van der Waals surface area contributed by atoms with Crippen molar-refractivity contribution >= 4 is 28.5 Å². The van der Waals surface area contributed by atoms with Crippen molar-refractivity contribution in [1.82, 2.24) is 24.1 Å². The number of nitrogen functional groups attached to an aromatic ring is 1. The minimum absolute atomic E-state index is 0.115. The number of aryl methyl sites for hydroxylation is 2. The molecule has 0 fully saturated rings. The molecule has 11 heteroatoms. The smallest absolute Gasteiger partial charge is 0.416 e. The molecule has 0 atom stereocenters. The van der Waals surface area contributed by atoms with Crippen molar-refractivity contribution in [3.05, 3.63) is 84.1 Å². The number of rotatable bonds is 6. The van der Waals surface area contributed by atoms with Gasteiger partial charge in [-0.15, -0.1) is 0 Å². The van der Waals surface area contributed by atoms with Gasteiger partial charge in [0.2, 0.25) is 5.95 Å². The van der Waals surface area contributed by atoms with Gasteiger partial charge in [0.1, 0.15) is 17.3 Å². The first-order valence-electron chi connectivity index (χ1n) is 11.0. The number of imidazole rings is 2. The summed E-state index contributed by atoms with van der Waals surface area (Å²) in [7, 11) is 3.52. The van der Waals surface area contributed by atoms with Gasteiger partial charge in [0.05, 0.1) is 22.9 Å². The van der Waals surface area contributed by atoms with Crippen LogP contribution in [-0.2, 0) is 26.7 Å². The fourth-order valence-electron chi connectivity index (χ4n) is 3.92. The third-order valence-electron chi connectivity index (χ3n) is 5.80. The van der Waals surface area contributed by atoms with E-state index in [2.05, 4.69) is 20.3 Å². The Morgan fingerprint density at radius 3 is 2.56 bits per heavy atom. The largest absolute Gasteiger partial charge is 0.457 e. The molecule has 184 valence electrons. The van der Waals surface area contributed by atoms with Crippen LogP contribution in [0.15, 0.2) is 67.3 Å². The first kappa shape index (κ1) is 23.2. The highest BCUT2D eigenvalue weighted by atomic mass is 19.4. The van der Waals surface area contributed by atoms with E-state index in [1.165, 1.54) is 6.07 Å². The standard InChI is InChI=1S/C25H22F3N7O/c1-34-14-30-13-17(34)9-15-3-4-16(10-20(15)25(26,27)28)32-24-33-21-6-5-18(11-22(21)35(24)2)36-19-7-8-31-23(29)12-19/h3-8,10-14H,9H2,1-2H3,(H2,29,31)(H,32,33). The minimum Gasteiger partial charge on any atom is -0.457 e. The molecule has 0 aliphatic carbocycles. The van der Waals surface area contributed by atoms with E-state index in [0.717, 1.165) is 11.6 Å². The second-order valence-corrected chi connectivity index (χ2v) is 8.33. The molecule has 0 aliphatic heterocycles. The van der Waals surface area contributed by atoms with Crippen LogP contribution in [0.1, 0.15) is 16.8 Å². The van der Waals surface area contributed by atoms with Crippen LogP contribution >= 0.6 is 0 Å². The second kappa shape index (κ2) is 8.91. The number of halogens is 3. The summed E-state index contributed by atoms with van der Waals surface area (Å²) in [6.45, 7) is 0. The molecule has 5 aromatic rings. The van der Waals surface area contributed by atoms with E-state index >= 15 is 0 Å². The highest BCUT2D eigenvalue weighted by Gasteiger charge is 2.34. The number of nitrogens with one attached hydrogen (secondary N) is 1. The van der Waals surface area contributed by atoms with Crippen molar-refractivity contribution in [2.24, 2.45) is 14.1 Å². The molecule has 0 spiro atoms. The highest BCUT2D eigenvalue weighted by Crippen LogP contribution is 2.36. The zero-order chi connectivity index (χ0) is 25.4. The summed E-state index contributed by atoms with van der Waals surface area (Å²) in [6, 6.07) is 12.8. The maximum Gasteiger partial charge on any atom is 0.416 e. The van der Waals surface area contributed by atoms with E-state index in [9.17, 15) is 13.2 Å². The third-order valence-corrected chi connectivity index (χ3v) is 5.80. The van der Waals surface area contributed by atoms with Gasteiger partial charge in [-0.1, -0.05) is 6.07 Å². The number of nitrogens with zero attached hydrogens (tertiary/aromatic N) is 5. The third kappa shape index (κ3) is 4.67. The molecule has 3 aromatic heterocycles. The molecule has 0 unspecified atom stereocenters. The van der Waals surface area contributed by atoms with E-state index in [1.54, 1.807) is 78.3 Å². The number of anilines is 3. The number of ether oxygens (including phenoxy) is 1. The minimum atomic E-state index is -4.51. The number of pyridine rings is 1. The summed E-state index contributed by atoms with van der Waals surface area (Å²) < 4.78 is 51.0. The number of hydrogen-bond acceptors (Lipinski definition) is 6. The predicted molar refractivity (Wildman–Crippen MR) is 130 cm³/mol. The summed E-state index contributed by atoms with van der Waals surface area (Å²) in [5.74, 6) is 1.82. The van der Waals surface area contributed by atoms with E-state index < -0.39 is 11.7 Å². The van der Waals surface area contributed by atoms with Gasteiger partial charge in [-0.3, -0.25) is 0 Å². The van der Waals surface area contributed by atoms with Gasteiger partial charge in [0, 0.05) is 56.4 Å². The number of aromatic nitrogens is 5. The monoisotopic (exact) mass is 493 g/mol. The first-order valence-corrected chi connectivity index (χ1v) is 11.0. The number of fused-ring (bicyclic) bond motifs is 1. The molecule has 3 heterocycles. The lowest BCUT2D eigenvalue weighted by Crippen LogP contribution is -2.11. The molecular formula is C25H22F3N7O. The van der Waals surface area contributed by atoms with Gasteiger partial charge < -0.3 is 24.9 Å². The normalized spacial score (nSPS) is 11.7. The van der Waals surface area contributed by atoms with Crippen LogP contribution < -0.4 is 15.8 Å². The Hall–Kier alpha value is -4.54. The lowest BCUT2D eigenvalue weighted by molar-refractivity contribution is -0.138. The summed E-state index contributed by atoms with van der Waals surface area (Å²) in [5.41, 5.74) is 7.52. The number of benzene rings is 2. The summed E-state index contributed by atoms with van der Waals surface area (Å²) >= 11 is 0. The van der Waals surface area contributed by atoms with Gasteiger partial charge in [-0.25, -0.2) is 15.0 Å². The molecule has 0 radical (unpaired) electrons. The van der Waals surface area contributed by atoms with Gasteiger partial charge in [0.25, 0.3) is 0 Å². The lowest BCUT2D eigenvalue weighted by Gasteiger charge is -2.15.